The summed E-state index contributed by atoms with van der Waals surface area (Å²) in [4.78, 5) is 28.6. The van der Waals surface area contributed by atoms with E-state index in [4.69, 9.17) is 0 Å². The van der Waals surface area contributed by atoms with E-state index < -0.39 is 0 Å². The monoisotopic (exact) mass is 216 g/mol. The molecule has 0 radical (unpaired) electrons. The van der Waals surface area contributed by atoms with Crippen molar-refractivity contribution in [2.75, 3.05) is 0 Å². The maximum Gasteiger partial charge on any atom is 0.257 e. The second-order valence-electron chi connectivity index (χ2n) is 3.80. The van der Waals surface area contributed by atoms with Crippen LogP contribution in [0, 0.1) is 0 Å². The maximum absolute atomic E-state index is 11.7. The highest BCUT2D eigenvalue weighted by Crippen LogP contribution is 2.25. The Morgan fingerprint density at radius 1 is 1.38 bits per heavy atom. The number of imide groups is 1. The largest absolute Gasteiger partial charge is 0.269 e. The molecule has 0 aliphatic carbocycles. The van der Waals surface area contributed by atoms with Gasteiger partial charge >= 0.3 is 0 Å². The van der Waals surface area contributed by atoms with Gasteiger partial charge < -0.3 is 0 Å². The molecule has 2 amide bonds. The van der Waals surface area contributed by atoms with Crippen LogP contribution in [0.25, 0.3) is 0 Å². The molecule has 1 aromatic heterocycles. The number of hydrogen-bond donors (Lipinski definition) is 0. The second-order valence-corrected chi connectivity index (χ2v) is 3.80. The zero-order valence-corrected chi connectivity index (χ0v) is 9.18. The SMILES string of the molecule is CC1=CC(=O)N(C(C)c2cccnc2)C1=O. The first-order valence-corrected chi connectivity index (χ1v) is 5.07. The van der Waals surface area contributed by atoms with Crippen molar-refractivity contribution in [1.29, 1.82) is 0 Å². The molecule has 0 fully saturated rings. The van der Waals surface area contributed by atoms with Crippen LogP contribution in [0.4, 0.5) is 0 Å². The fourth-order valence-corrected chi connectivity index (χ4v) is 1.75. The molecule has 2 rings (SSSR count). The third kappa shape index (κ3) is 1.62. The van der Waals surface area contributed by atoms with Crippen LogP contribution in [0.5, 0.6) is 0 Å². The summed E-state index contributed by atoms with van der Waals surface area (Å²) in [6, 6.07) is 3.37. The van der Waals surface area contributed by atoms with E-state index in [-0.39, 0.29) is 17.9 Å². The summed E-state index contributed by atoms with van der Waals surface area (Å²) in [6.45, 7) is 3.47. The first-order valence-electron chi connectivity index (χ1n) is 5.07. The van der Waals surface area contributed by atoms with Gasteiger partial charge in [-0.3, -0.25) is 19.5 Å². The first kappa shape index (κ1) is 10.5. The zero-order chi connectivity index (χ0) is 11.7. The molecular formula is C12H12N2O2. The number of pyridine rings is 1. The molecule has 1 atom stereocenters. The van der Waals surface area contributed by atoms with Gasteiger partial charge in [0.25, 0.3) is 11.8 Å². The lowest BCUT2D eigenvalue weighted by molar-refractivity contribution is -0.139. The Morgan fingerprint density at radius 2 is 2.12 bits per heavy atom. The van der Waals surface area contributed by atoms with Crippen molar-refractivity contribution >= 4 is 11.8 Å². The van der Waals surface area contributed by atoms with Crippen LogP contribution in [0.1, 0.15) is 25.5 Å². The molecular weight excluding hydrogens is 204 g/mol. The van der Waals surface area contributed by atoms with E-state index in [9.17, 15) is 9.59 Å². The standard InChI is InChI=1S/C12H12N2O2/c1-8-6-11(15)14(12(8)16)9(2)10-4-3-5-13-7-10/h3-7,9H,1-2H3. The van der Waals surface area contributed by atoms with E-state index in [1.54, 1.807) is 25.4 Å². The van der Waals surface area contributed by atoms with Crippen LogP contribution >= 0.6 is 0 Å². The Labute approximate surface area is 93.6 Å². The number of amides is 2. The maximum atomic E-state index is 11.7. The van der Waals surface area contributed by atoms with Crippen LogP contribution in [0.15, 0.2) is 36.2 Å². The summed E-state index contributed by atoms with van der Waals surface area (Å²) in [5.74, 6) is -0.472. The van der Waals surface area contributed by atoms with Gasteiger partial charge in [-0.25, -0.2) is 0 Å². The number of carbonyl (C=O) groups is 2. The molecule has 1 unspecified atom stereocenters. The normalized spacial score (nSPS) is 17.6. The van der Waals surface area contributed by atoms with Crippen molar-refractivity contribution in [1.82, 2.24) is 9.88 Å². The number of nitrogens with zero attached hydrogens (tertiary/aromatic N) is 2. The molecule has 1 aromatic rings. The van der Waals surface area contributed by atoms with Crippen molar-refractivity contribution in [2.24, 2.45) is 0 Å². The van der Waals surface area contributed by atoms with Crippen LogP contribution in [0.2, 0.25) is 0 Å². The fourth-order valence-electron chi connectivity index (χ4n) is 1.75. The number of rotatable bonds is 2. The molecule has 0 saturated carbocycles. The van der Waals surface area contributed by atoms with Gasteiger partial charge in [-0.05, 0) is 25.5 Å². The summed E-state index contributed by atoms with van der Waals surface area (Å²) in [7, 11) is 0. The van der Waals surface area contributed by atoms with Gasteiger partial charge in [0.2, 0.25) is 0 Å². The predicted octanol–water partition coefficient (Wildman–Crippen LogP) is 1.46. The van der Waals surface area contributed by atoms with E-state index in [0.29, 0.717) is 5.57 Å². The minimum Gasteiger partial charge on any atom is -0.269 e. The number of carbonyl (C=O) groups excluding carboxylic acids is 2. The van der Waals surface area contributed by atoms with Crippen LogP contribution in [-0.2, 0) is 9.59 Å². The summed E-state index contributed by atoms with van der Waals surface area (Å²) in [5.41, 5.74) is 1.34. The summed E-state index contributed by atoms with van der Waals surface area (Å²) >= 11 is 0. The van der Waals surface area contributed by atoms with Crippen molar-refractivity contribution in [3.05, 3.63) is 41.7 Å². The second kappa shape index (κ2) is 3.89. The van der Waals surface area contributed by atoms with Crippen molar-refractivity contribution in [2.45, 2.75) is 19.9 Å². The van der Waals surface area contributed by atoms with Gasteiger partial charge in [0.05, 0.1) is 6.04 Å². The first-order chi connectivity index (χ1) is 7.61. The molecule has 16 heavy (non-hydrogen) atoms. The van der Waals surface area contributed by atoms with Gasteiger partial charge in [0, 0.05) is 24.0 Å². The Bertz CT molecular complexity index is 465. The smallest absolute Gasteiger partial charge is 0.257 e. The van der Waals surface area contributed by atoms with E-state index in [1.165, 1.54) is 11.0 Å². The van der Waals surface area contributed by atoms with E-state index in [2.05, 4.69) is 4.98 Å². The summed E-state index contributed by atoms with van der Waals surface area (Å²) < 4.78 is 0. The molecule has 0 spiro atoms. The highest BCUT2D eigenvalue weighted by molar-refractivity contribution is 6.16. The molecule has 4 nitrogen and oxygen atoms in total. The Balaban J connectivity index is 2.28. The predicted molar refractivity (Wildman–Crippen MR) is 58.3 cm³/mol. The van der Waals surface area contributed by atoms with Crippen molar-refractivity contribution < 1.29 is 9.59 Å². The lowest BCUT2D eigenvalue weighted by Crippen LogP contribution is -2.33. The molecule has 0 saturated heterocycles. The quantitative estimate of drug-likeness (QED) is 0.703. The Hall–Kier alpha value is -1.97. The molecule has 1 aliphatic rings. The van der Waals surface area contributed by atoms with E-state index >= 15 is 0 Å². The topological polar surface area (TPSA) is 50.3 Å². The molecule has 1 aliphatic heterocycles. The lowest BCUT2D eigenvalue weighted by Gasteiger charge is -2.22. The van der Waals surface area contributed by atoms with Gasteiger partial charge in [0.15, 0.2) is 0 Å². The third-order valence-electron chi connectivity index (χ3n) is 2.69. The number of aromatic nitrogens is 1. The molecule has 0 bridgehead atoms. The third-order valence-corrected chi connectivity index (χ3v) is 2.69. The number of hydrogen-bond acceptors (Lipinski definition) is 3. The molecule has 0 N–H and O–H groups in total. The van der Waals surface area contributed by atoms with Crippen molar-refractivity contribution in [3.8, 4) is 0 Å². The van der Waals surface area contributed by atoms with Gasteiger partial charge in [-0.1, -0.05) is 6.07 Å². The van der Waals surface area contributed by atoms with Gasteiger partial charge in [-0.2, -0.15) is 0 Å². The molecule has 2 heterocycles. The van der Waals surface area contributed by atoms with E-state index in [1.807, 2.05) is 13.0 Å². The summed E-state index contributed by atoms with van der Waals surface area (Å²) in [5, 5.41) is 0. The van der Waals surface area contributed by atoms with Crippen molar-refractivity contribution in [3.63, 3.8) is 0 Å². The molecule has 4 heteroatoms. The fraction of sp³-hybridized carbons (Fsp3) is 0.250. The minimum absolute atomic E-state index is 0.221. The van der Waals surface area contributed by atoms with Crippen LogP contribution < -0.4 is 0 Å². The Kier molecular flexibility index (Phi) is 2.56. The lowest BCUT2D eigenvalue weighted by atomic mass is 10.1. The molecule has 0 aromatic carbocycles. The Morgan fingerprint density at radius 3 is 2.62 bits per heavy atom. The summed E-state index contributed by atoms with van der Waals surface area (Å²) in [6.07, 6.45) is 4.70. The average molecular weight is 216 g/mol. The highest BCUT2D eigenvalue weighted by atomic mass is 16.2. The zero-order valence-electron chi connectivity index (χ0n) is 9.18. The van der Waals surface area contributed by atoms with Crippen LogP contribution in [-0.4, -0.2) is 21.7 Å². The van der Waals surface area contributed by atoms with Crippen LogP contribution in [0.3, 0.4) is 0 Å². The average Bonchev–Trinajstić information content (AvgIpc) is 2.54. The minimum atomic E-state index is -0.276. The molecule has 82 valence electrons. The highest BCUT2D eigenvalue weighted by Gasteiger charge is 2.32. The van der Waals surface area contributed by atoms with Gasteiger partial charge in [0.1, 0.15) is 0 Å². The van der Waals surface area contributed by atoms with E-state index in [0.717, 1.165) is 5.56 Å². The van der Waals surface area contributed by atoms with Gasteiger partial charge in [-0.15, -0.1) is 0 Å².